The molecule has 1 N–H and O–H groups in total. The minimum atomic E-state index is 0.105. The fourth-order valence-corrected chi connectivity index (χ4v) is 5.07. The molecule has 1 aromatic carbocycles. The molecular formula is C27H38N2OS. The molecule has 0 bridgehead atoms. The van der Waals surface area contributed by atoms with Crippen molar-refractivity contribution < 1.29 is 4.74 Å². The maximum Gasteiger partial charge on any atom is 0.134 e. The molecule has 0 radical (unpaired) electrons. The molecule has 1 fully saturated rings. The van der Waals surface area contributed by atoms with E-state index in [1.807, 2.05) is 0 Å². The van der Waals surface area contributed by atoms with Crippen molar-refractivity contribution in [1.82, 2.24) is 10.2 Å². The van der Waals surface area contributed by atoms with Crippen LogP contribution in [-0.2, 0) is 6.42 Å². The summed E-state index contributed by atoms with van der Waals surface area (Å²) in [5.74, 6) is 1.68. The zero-order valence-electron chi connectivity index (χ0n) is 19.2. The lowest BCUT2D eigenvalue weighted by molar-refractivity contribution is 0.189. The van der Waals surface area contributed by atoms with Gasteiger partial charge in [0.25, 0.3) is 0 Å². The Hall–Kier alpha value is -1.88. The van der Waals surface area contributed by atoms with Crippen LogP contribution in [0.2, 0.25) is 0 Å². The second-order valence-electron chi connectivity index (χ2n) is 8.31. The molecule has 168 valence electrons. The van der Waals surface area contributed by atoms with Gasteiger partial charge in [-0.1, -0.05) is 55.5 Å². The fourth-order valence-electron chi connectivity index (χ4n) is 4.28. The average Bonchev–Trinajstić information content (AvgIpc) is 3.33. The van der Waals surface area contributed by atoms with Crippen LogP contribution in [0, 0.1) is 5.92 Å². The van der Waals surface area contributed by atoms with E-state index in [0.717, 1.165) is 51.3 Å². The molecule has 0 amide bonds. The number of allylic oxidation sites excluding steroid dienone is 3. The number of rotatable bonds is 12. The Labute approximate surface area is 192 Å². The van der Waals surface area contributed by atoms with Crippen molar-refractivity contribution in [3.8, 4) is 5.75 Å². The minimum absolute atomic E-state index is 0.105. The topological polar surface area (TPSA) is 24.5 Å². The summed E-state index contributed by atoms with van der Waals surface area (Å²) in [6.07, 6.45) is 8.82. The SMILES string of the molecule is C=C(/C=C\C)C1CCN(CCc2ccccc2OC(CCNCC)c2cccs2)CC1. The van der Waals surface area contributed by atoms with Crippen LogP contribution in [0.25, 0.3) is 0 Å². The highest BCUT2D eigenvalue weighted by Crippen LogP contribution is 2.31. The van der Waals surface area contributed by atoms with Crippen molar-refractivity contribution in [2.75, 3.05) is 32.7 Å². The maximum absolute atomic E-state index is 6.58. The van der Waals surface area contributed by atoms with Crippen LogP contribution in [0.4, 0.5) is 0 Å². The van der Waals surface area contributed by atoms with Crippen molar-refractivity contribution >= 4 is 11.3 Å². The molecule has 0 saturated carbocycles. The van der Waals surface area contributed by atoms with E-state index in [2.05, 4.69) is 84.6 Å². The molecule has 31 heavy (non-hydrogen) atoms. The van der Waals surface area contributed by atoms with Gasteiger partial charge >= 0.3 is 0 Å². The van der Waals surface area contributed by atoms with Gasteiger partial charge in [-0.3, -0.25) is 0 Å². The lowest BCUT2D eigenvalue weighted by atomic mass is 9.89. The molecule has 2 heterocycles. The van der Waals surface area contributed by atoms with Gasteiger partial charge in [-0.2, -0.15) is 0 Å². The number of hydrogen-bond acceptors (Lipinski definition) is 4. The normalized spacial score (nSPS) is 16.6. The summed E-state index contributed by atoms with van der Waals surface area (Å²) in [6, 6.07) is 12.9. The Balaban J connectivity index is 1.57. The summed E-state index contributed by atoms with van der Waals surface area (Å²) in [7, 11) is 0. The number of nitrogens with one attached hydrogen (secondary N) is 1. The highest BCUT2D eigenvalue weighted by atomic mass is 32.1. The van der Waals surface area contributed by atoms with Gasteiger partial charge in [0.1, 0.15) is 11.9 Å². The van der Waals surface area contributed by atoms with Crippen LogP contribution in [-0.4, -0.2) is 37.6 Å². The molecule has 1 aliphatic heterocycles. The second-order valence-corrected chi connectivity index (χ2v) is 9.29. The number of ether oxygens (including phenoxy) is 1. The number of likely N-dealkylation sites (tertiary alicyclic amines) is 1. The smallest absolute Gasteiger partial charge is 0.134 e. The van der Waals surface area contributed by atoms with Gasteiger partial charge in [0.05, 0.1) is 0 Å². The molecule has 0 aliphatic carbocycles. The Bertz CT molecular complexity index is 806. The number of para-hydroxylation sites is 1. The van der Waals surface area contributed by atoms with Gasteiger partial charge in [-0.05, 0) is 81.4 Å². The summed E-state index contributed by atoms with van der Waals surface area (Å²) in [5.41, 5.74) is 2.60. The quantitative estimate of drug-likeness (QED) is 0.313. The van der Waals surface area contributed by atoms with Crippen molar-refractivity contribution in [2.24, 2.45) is 5.92 Å². The molecule has 4 heteroatoms. The van der Waals surface area contributed by atoms with E-state index in [-0.39, 0.29) is 6.10 Å². The first-order chi connectivity index (χ1) is 15.2. The monoisotopic (exact) mass is 438 g/mol. The maximum atomic E-state index is 6.58. The van der Waals surface area contributed by atoms with E-state index in [0.29, 0.717) is 5.92 Å². The van der Waals surface area contributed by atoms with Gasteiger partial charge in [0, 0.05) is 17.8 Å². The predicted molar refractivity (Wildman–Crippen MR) is 134 cm³/mol. The summed E-state index contributed by atoms with van der Waals surface area (Å²) in [5, 5.41) is 5.57. The number of piperidine rings is 1. The first-order valence-electron chi connectivity index (χ1n) is 11.7. The number of hydrogen-bond donors (Lipinski definition) is 1. The van der Waals surface area contributed by atoms with Crippen molar-refractivity contribution in [3.05, 3.63) is 76.5 Å². The molecule has 1 aromatic heterocycles. The summed E-state index contributed by atoms with van der Waals surface area (Å²) < 4.78 is 6.58. The van der Waals surface area contributed by atoms with Gasteiger partial charge < -0.3 is 15.0 Å². The van der Waals surface area contributed by atoms with E-state index in [4.69, 9.17) is 4.74 Å². The largest absolute Gasteiger partial charge is 0.485 e. The lowest BCUT2D eigenvalue weighted by Gasteiger charge is -2.32. The molecule has 3 nitrogen and oxygen atoms in total. The Morgan fingerprint density at radius 2 is 2.06 bits per heavy atom. The molecule has 1 aliphatic rings. The zero-order valence-corrected chi connectivity index (χ0v) is 20.0. The van der Waals surface area contributed by atoms with Crippen LogP contribution >= 0.6 is 11.3 Å². The van der Waals surface area contributed by atoms with E-state index in [1.165, 1.54) is 28.9 Å². The highest BCUT2D eigenvalue weighted by molar-refractivity contribution is 7.10. The first-order valence-corrected chi connectivity index (χ1v) is 12.6. The summed E-state index contributed by atoms with van der Waals surface area (Å²) in [6.45, 7) is 13.8. The fraction of sp³-hybridized carbons (Fsp3) is 0.481. The van der Waals surface area contributed by atoms with Gasteiger partial charge in [-0.25, -0.2) is 0 Å². The number of thiophene rings is 1. The molecule has 1 atom stereocenters. The van der Waals surface area contributed by atoms with E-state index in [9.17, 15) is 0 Å². The summed E-state index contributed by atoms with van der Waals surface area (Å²) in [4.78, 5) is 3.90. The first kappa shape index (κ1) is 23.8. The van der Waals surface area contributed by atoms with Crippen LogP contribution < -0.4 is 10.1 Å². The molecule has 2 aromatic rings. The third kappa shape index (κ3) is 7.34. The minimum Gasteiger partial charge on any atom is -0.485 e. The number of nitrogens with zero attached hydrogens (tertiary/aromatic N) is 1. The molecular weight excluding hydrogens is 400 g/mol. The Kier molecular flexibility index (Phi) is 9.85. The third-order valence-corrected chi connectivity index (χ3v) is 7.09. The van der Waals surface area contributed by atoms with E-state index >= 15 is 0 Å². The molecule has 1 unspecified atom stereocenters. The summed E-state index contributed by atoms with van der Waals surface area (Å²) >= 11 is 1.78. The average molecular weight is 439 g/mol. The van der Waals surface area contributed by atoms with E-state index in [1.54, 1.807) is 11.3 Å². The van der Waals surface area contributed by atoms with Crippen LogP contribution in [0.3, 0.4) is 0 Å². The molecule has 1 saturated heterocycles. The third-order valence-electron chi connectivity index (χ3n) is 6.13. The Morgan fingerprint density at radius 3 is 2.77 bits per heavy atom. The lowest BCUT2D eigenvalue weighted by Crippen LogP contribution is -2.35. The second kappa shape index (κ2) is 12.8. The van der Waals surface area contributed by atoms with Crippen LogP contribution in [0.15, 0.2) is 66.1 Å². The highest BCUT2D eigenvalue weighted by Gasteiger charge is 2.21. The van der Waals surface area contributed by atoms with Crippen molar-refractivity contribution in [1.29, 1.82) is 0 Å². The van der Waals surface area contributed by atoms with Crippen LogP contribution in [0.5, 0.6) is 5.75 Å². The van der Waals surface area contributed by atoms with Gasteiger partial charge in [0.2, 0.25) is 0 Å². The zero-order chi connectivity index (χ0) is 21.9. The van der Waals surface area contributed by atoms with Crippen LogP contribution in [0.1, 0.15) is 49.7 Å². The Morgan fingerprint density at radius 1 is 1.26 bits per heavy atom. The number of benzene rings is 1. The van der Waals surface area contributed by atoms with Gasteiger partial charge in [0.15, 0.2) is 0 Å². The van der Waals surface area contributed by atoms with Crippen molar-refractivity contribution in [3.63, 3.8) is 0 Å². The van der Waals surface area contributed by atoms with Gasteiger partial charge in [-0.15, -0.1) is 11.3 Å². The molecule has 0 spiro atoms. The standard InChI is InChI=1S/C27H38N2OS/c1-4-9-22(3)23-14-18-29(19-15-23)20-16-24-10-6-7-11-25(24)30-26(13-17-28-5-2)27-12-8-21-31-27/h4,6-12,21,23,26,28H,3,5,13-20H2,1-2H3/b9-4-. The molecule has 3 rings (SSSR count). The van der Waals surface area contributed by atoms with E-state index < -0.39 is 0 Å². The van der Waals surface area contributed by atoms with Crippen molar-refractivity contribution in [2.45, 2.75) is 45.6 Å². The predicted octanol–water partition coefficient (Wildman–Crippen LogP) is 6.25.